The van der Waals surface area contributed by atoms with Crippen molar-refractivity contribution >= 4 is 0 Å². The van der Waals surface area contributed by atoms with Gasteiger partial charge in [-0.1, -0.05) is 30.3 Å². The normalized spacial score (nSPS) is 12.3. The first-order valence-corrected chi connectivity index (χ1v) is 6.03. The minimum Gasteiger partial charge on any atom is -0.484 e. The molecule has 0 aliphatic heterocycles. The van der Waals surface area contributed by atoms with E-state index in [4.69, 9.17) is 15.0 Å². The van der Waals surface area contributed by atoms with Gasteiger partial charge in [0.15, 0.2) is 12.4 Å². The lowest BCUT2D eigenvalue weighted by Crippen LogP contribution is -2.22. The summed E-state index contributed by atoms with van der Waals surface area (Å²) in [5.74, 6) is 1.88. The molecule has 0 saturated carbocycles. The smallest absolute Gasteiger partial charge is 0.264 e. The summed E-state index contributed by atoms with van der Waals surface area (Å²) in [5, 5.41) is 3.87. The maximum Gasteiger partial charge on any atom is 0.264 e. The summed E-state index contributed by atoms with van der Waals surface area (Å²) in [6.07, 6.45) is 1.52. The fourth-order valence-corrected chi connectivity index (χ4v) is 1.47. The topological polar surface area (TPSA) is 74.2 Å². The van der Waals surface area contributed by atoms with Crippen LogP contribution in [-0.4, -0.2) is 16.2 Å². The van der Waals surface area contributed by atoms with E-state index in [1.165, 1.54) is 0 Å². The Hall–Kier alpha value is -1.88. The molecule has 0 aliphatic carbocycles. The zero-order valence-corrected chi connectivity index (χ0v) is 10.4. The molecule has 0 fully saturated rings. The molecule has 2 aromatic rings. The van der Waals surface area contributed by atoms with Crippen molar-refractivity contribution in [1.82, 2.24) is 10.1 Å². The van der Waals surface area contributed by atoms with Crippen LogP contribution in [0.25, 0.3) is 0 Å². The van der Waals surface area contributed by atoms with Gasteiger partial charge in [-0.3, -0.25) is 0 Å². The Morgan fingerprint density at radius 1 is 1.33 bits per heavy atom. The first-order chi connectivity index (χ1) is 8.78. The van der Waals surface area contributed by atoms with Crippen molar-refractivity contribution in [3.05, 3.63) is 42.0 Å². The van der Waals surface area contributed by atoms with Crippen molar-refractivity contribution in [2.75, 3.05) is 0 Å². The summed E-state index contributed by atoms with van der Waals surface area (Å²) in [6, 6.07) is 9.59. The SMILES string of the molecule is CCC(N)Cc1noc(COc2ccccc2)n1. The molecule has 1 aromatic heterocycles. The molecule has 96 valence electrons. The highest BCUT2D eigenvalue weighted by Gasteiger charge is 2.10. The van der Waals surface area contributed by atoms with E-state index in [0.29, 0.717) is 18.1 Å². The molecule has 0 saturated heterocycles. The summed E-state index contributed by atoms with van der Waals surface area (Å²) in [7, 11) is 0. The zero-order valence-electron chi connectivity index (χ0n) is 10.4. The van der Waals surface area contributed by atoms with Crippen LogP contribution in [0.1, 0.15) is 25.1 Å². The Balaban J connectivity index is 1.87. The number of nitrogens with two attached hydrogens (primary N) is 1. The molecule has 1 aromatic carbocycles. The molecule has 5 nitrogen and oxygen atoms in total. The monoisotopic (exact) mass is 247 g/mol. The molecule has 18 heavy (non-hydrogen) atoms. The van der Waals surface area contributed by atoms with Crippen LogP contribution in [-0.2, 0) is 13.0 Å². The minimum absolute atomic E-state index is 0.0745. The van der Waals surface area contributed by atoms with Crippen LogP contribution >= 0.6 is 0 Å². The van der Waals surface area contributed by atoms with Crippen LogP contribution in [0.4, 0.5) is 0 Å². The Labute approximate surface area is 106 Å². The van der Waals surface area contributed by atoms with Gasteiger partial charge in [-0.2, -0.15) is 4.98 Å². The lowest BCUT2D eigenvalue weighted by atomic mass is 10.2. The number of ether oxygens (including phenoxy) is 1. The summed E-state index contributed by atoms with van der Waals surface area (Å²) < 4.78 is 10.6. The van der Waals surface area contributed by atoms with Crippen LogP contribution in [0.15, 0.2) is 34.9 Å². The second-order valence-corrected chi connectivity index (χ2v) is 4.08. The van der Waals surface area contributed by atoms with Gasteiger partial charge >= 0.3 is 0 Å². The number of para-hydroxylation sites is 1. The predicted molar refractivity (Wildman–Crippen MR) is 67.0 cm³/mol. The molecular weight excluding hydrogens is 230 g/mol. The number of rotatable bonds is 6. The summed E-state index contributed by atoms with van der Waals surface area (Å²) in [6.45, 7) is 2.31. The maximum absolute atomic E-state index is 5.83. The Morgan fingerprint density at radius 3 is 2.83 bits per heavy atom. The van der Waals surface area contributed by atoms with E-state index >= 15 is 0 Å². The van der Waals surface area contributed by atoms with Gasteiger partial charge in [-0.25, -0.2) is 0 Å². The first-order valence-electron chi connectivity index (χ1n) is 6.03. The average molecular weight is 247 g/mol. The number of aromatic nitrogens is 2. The molecule has 0 spiro atoms. The molecular formula is C13H17N3O2. The molecule has 0 radical (unpaired) electrons. The lowest BCUT2D eigenvalue weighted by Gasteiger charge is -2.03. The molecule has 2 N–H and O–H groups in total. The molecule has 0 amide bonds. The van der Waals surface area contributed by atoms with E-state index in [-0.39, 0.29) is 12.6 Å². The number of benzene rings is 1. The van der Waals surface area contributed by atoms with Crippen LogP contribution in [0, 0.1) is 0 Å². The van der Waals surface area contributed by atoms with Gasteiger partial charge in [0.2, 0.25) is 0 Å². The van der Waals surface area contributed by atoms with Crippen LogP contribution in [0.2, 0.25) is 0 Å². The van der Waals surface area contributed by atoms with Crippen molar-refractivity contribution in [2.24, 2.45) is 5.73 Å². The predicted octanol–water partition coefficient (Wildman–Crippen LogP) is 1.93. The second kappa shape index (κ2) is 6.16. The molecule has 1 heterocycles. The van der Waals surface area contributed by atoms with Gasteiger partial charge in [-0.15, -0.1) is 0 Å². The summed E-state index contributed by atoms with van der Waals surface area (Å²) in [5.41, 5.74) is 5.83. The molecule has 2 rings (SSSR count). The minimum atomic E-state index is 0.0745. The highest BCUT2D eigenvalue weighted by molar-refractivity contribution is 5.20. The number of nitrogens with zero attached hydrogens (tertiary/aromatic N) is 2. The van der Waals surface area contributed by atoms with Crippen molar-refractivity contribution in [3.8, 4) is 5.75 Å². The van der Waals surface area contributed by atoms with Crippen LogP contribution in [0.3, 0.4) is 0 Å². The van der Waals surface area contributed by atoms with Gasteiger partial charge in [0, 0.05) is 12.5 Å². The quantitative estimate of drug-likeness (QED) is 0.844. The summed E-state index contributed by atoms with van der Waals surface area (Å²) >= 11 is 0. The number of hydrogen-bond donors (Lipinski definition) is 1. The van der Waals surface area contributed by atoms with Gasteiger partial charge in [0.25, 0.3) is 5.89 Å². The number of hydrogen-bond acceptors (Lipinski definition) is 5. The Kier molecular flexibility index (Phi) is 4.30. The van der Waals surface area contributed by atoms with E-state index in [2.05, 4.69) is 10.1 Å². The van der Waals surface area contributed by atoms with Crippen molar-refractivity contribution in [3.63, 3.8) is 0 Å². The van der Waals surface area contributed by atoms with Gasteiger partial charge < -0.3 is 15.0 Å². The second-order valence-electron chi connectivity index (χ2n) is 4.08. The standard InChI is InChI=1S/C13H17N3O2/c1-2-10(14)8-12-15-13(18-16-12)9-17-11-6-4-3-5-7-11/h3-7,10H,2,8-9,14H2,1H3. The molecule has 1 atom stereocenters. The molecule has 5 heteroatoms. The third-order valence-electron chi connectivity index (χ3n) is 2.58. The van der Waals surface area contributed by atoms with E-state index in [1.54, 1.807) is 0 Å². The lowest BCUT2D eigenvalue weighted by molar-refractivity contribution is 0.242. The average Bonchev–Trinajstić information content (AvgIpc) is 2.85. The van der Waals surface area contributed by atoms with Crippen molar-refractivity contribution in [1.29, 1.82) is 0 Å². The zero-order chi connectivity index (χ0) is 12.8. The third-order valence-corrected chi connectivity index (χ3v) is 2.58. The van der Waals surface area contributed by atoms with Gasteiger partial charge in [0.05, 0.1) is 0 Å². The van der Waals surface area contributed by atoms with E-state index < -0.39 is 0 Å². The first kappa shape index (κ1) is 12.6. The largest absolute Gasteiger partial charge is 0.484 e. The van der Waals surface area contributed by atoms with E-state index in [1.807, 2.05) is 37.3 Å². The maximum atomic E-state index is 5.83. The van der Waals surface area contributed by atoms with Crippen LogP contribution in [0.5, 0.6) is 5.75 Å². The van der Waals surface area contributed by atoms with Crippen LogP contribution < -0.4 is 10.5 Å². The van der Waals surface area contributed by atoms with Gasteiger partial charge in [0.1, 0.15) is 5.75 Å². The molecule has 1 unspecified atom stereocenters. The Morgan fingerprint density at radius 2 is 2.11 bits per heavy atom. The van der Waals surface area contributed by atoms with E-state index in [9.17, 15) is 0 Å². The highest BCUT2D eigenvalue weighted by Crippen LogP contribution is 2.11. The van der Waals surface area contributed by atoms with E-state index in [0.717, 1.165) is 12.2 Å². The third kappa shape index (κ3) is 3.56. The fraction of sp³-hybridized carbons (Fsp3) is 0.385. The Bertz CT molecular complexity index is 470. The highest BCUT2D eigenvalue weighted by atomic mass is 16.5. The molecule has 0 aliphatic rings. The molecule has 0 bridgehead atoms. The van der Waals surface area contributed by atoms with Crippen molar-refractivity contribution in [2.45, 2.75) is 32.4 Å². The van der Waals surface area contributed by atoms with Gasteiger partial charge in [-0.05, 0) is 18.6 Å². The van der Waals surface area contributed by atoms with Crippen molar-refractivity contribution < 1.29 is 9.26 Å². The fourth-order valence-electron chi connectivity index (χ4n) is 1.47. The summed E-state index contributed by atoms with van der Waals surface area (Å²) in [4.78, 5) is 4.23.